The fraction of sp³-hybridized carbons (Fsp3) is 0.700. The minimum atomic E-state index is -0.0325. The van der Waals surface area contributed by atoms with E-state index in [1.165, 1.54) is 4.88 Å². The van der Waals surface area contributed by atoms with E-state index in [-0.39, 0.29) is 12.1 Å². The van der Waals surface area contributed by atoms with Crippen molar-refractivity contribution in [3.05, 3.63) is 15.6 Å². The number of hydrogen-bond acceptors (Lipinski definition) is 4. The molecule has 1 fully saturated rings. The molecule has 1 aromatic rings. The summed E-state index contributed by atoms with van der Waals surface area (Å²) in [5.41, 5.74) is 7.20. The summed E-state index contributed by atoms with van der Waals surface area (Å²) in [6.07, 6.45) is 2.38. The van der Waals surface area contributed by atoms with Crippen LogP contribution in [-0.2, 0) is 4.74 Å². The molecule has 0 bridgehead atoms. The molecule has 2 rings (SSSR count). The molecule has 0 radical (unpaired) electrons. The van der Waals surface area contributed by atoms with Gasteiger partial charge < -0.3 is 10.5 Å². The number of nitrogens with two attached hydrogens (primary N) is 1. The average Bonchev–Trinajstić information content (AvgIpc) is 2.76. The Bertz CT molecular complexity index is 298. The van der Waals surface area contributed by atoms with Crippen LogP contribution >= 0.6 is 11.3 Å². The van der Waals surface area contributed by atoms with Crippen molar-refractivity contribution in [2.75, 3.05) is 6.61 Å². The smallest absolute Gasteiger partial charge is 0.113 e. The predicted molar refractivity (Wildman–Crippen MR) is 57.5 cm³/mol. The molecular weight excluding hydrogens is 196 g/mol. The first-order valence-corrected chi connectivity index (χ1v) is 5.81. The van der Waals surface area contributed by atoms with E-state index >= 15 is 0 Å². The highest BCUT2D eigenvalue weighted by atomic mass is 32.1. The number of rotatable bonds is 2. The third kappa shape index (κ3) is 1.82. The van der Waals surface area contributed by atoms with Gasteiger partial charge in [0.2, 0.25) is 0 Å². The fourth-order valence-corrected chi connectivity index (χ4v) is 2.66. The maximum atomic E-state index is 6.11. The topological polar surface area (TPSA) is 48.1 Å². The van der Waals surface area contributed by atoms with Gasteiger partial charge in [0, 0.05) is 11.5 Å². The molecular formula is C10H16N2OS. The second-order valence-corrected chi connectivity index (χ2v) is 5.01. The van der Waals surface area contributed by atoms with E-state index in [9.17, 15) is 0 Å². The highest BCUT2D eigenvalue weighted by Gasteiger charge is 2.26. The predicted octanol–water partition coefficient (Wildman–Crippen LogP) is 1.94. The Morgan fingerprint density at radius 1 is 1.57 bits per heavy atom. The van der Waals surface area contributed by atoms with E-state index in [0.717, 1.165) is 30.2 Å². The van der Waals surface area contributed by atoms with Crippen molar-refractivity contribution in [1.82, 2.24) is 4.98 Å². The van der Waals surface area contributed by atoms with Crippen LogP contribution in [0.15, 0.2) is 0 Å². The van der Waals surface area contributed by atoms with Crippen LogP contribution in [0.5, 0.6) is 0 Å². The minimum absolute atomic E-state index is 0.0325. The maximum Gasteiger partial charge on any atom is 0.113 e. The van der Waals surface area contributed by atoms with Gasteiger partial charge in [-0.15, -0.1) is 11.3 Å². The Morgan fingerprint density at radius 3 is 2.86 bits per heavy atom. The number of ether oxygens (including phenoxy) is 1. The van der Waals surface area contributed by atoms with Gasteiger partial charge in [0.05, 0.1) is 17.8 Å². The van der Waals surface area contributed by atoms with Crippen LogP contribution in [-0.4, -0.2) is 17.7 Å². The van der Waals surface area contributed by atoms with Gasteiger partial charge in [0.15, 0.2) is 0 Å². The molecule has 1 aromatic heterocycles. The molecule has 2 heterocycles. The third-order valence-electron chi connectivity index (χ3n) is 2.70. The first-order valence-electron chi connectivity index (χ1n) is 4.99. The fourth-order valence-electron chi connectivity index (χ4n) is 1.68. The van der Waals surface area contributed by atoms with E-state index in [1.807, 2.05) is 6.92 Å². The molecule has 14 heavy (non-hydrogen) atoms. The summed E-state index contributed by atoms with van der Waals surface area (Å²) in [6, 6.07) is -0.0325. The van der Waals surface area contributed by atoms with Crippen LogP contribution < -0.4 is 5.73 Å². The van der Waals surface area contributed by atoms with Crippen molar-refractivity contribution in [2.45, 2.75) is 38.8 Å². The summed E-state index contributed by atoms with van der Waals surface area (Å²) in [5, 5.41) is 1.02. The lowest BCUT2D eigenvalue weighted by molar-refractivity contribution is 0.0899. The van der Waals surface area contributed by atoms with Gasteiger partial charge in [-0.2, -0.15) is 0 Å². The maximum absolute atomic E-state index is 6.11. The van der Waals surface area contributed by atoms with Gasteiger partial charge in [-0.05, 0) is 26.7 Å². The van der Waals surface area contributed by atoms with Gasteiger partial charge in [-0.1, -0.05) is 0 Å². The van der Waals surface area contributed by atoms with Crippen molar-refractivity contribution < 1.29 is 4.74 Å². The standard InChI is InChI=1S/C10H16N2OS/c1-6-7(2)14-10(12-6)9(11)8-4-3-5-13-8/h8-9H,3-5,11H2,1-2H3. The molecule has 2 N–H and O–H groups in total. The van der Waals surface area contributed by atoms with Crippen LogP contribution in [0.2, 0.25) is 0 Å². The Labute approximate surface area is 88.3 Å². The molecule has 2 atom stereocenters. The Balaban J connectivity index is 2.13. The van der Waals surface area contributed by atoms with E-state index in [2.05, 4.69) is 11.9 Å². The van der Waals surface area contributed by atoms with Crippen molar-refractivity contribution >= 4 is 11.3 Å². The van der Waals surface area contributed by atoms with Crippen LogP contribution in [0.4, 0.5) is 0 Å². The zero-order valence-electron chi connectivity index (χ0n) is 8.62. The second kappa shape index (κ2) is 3.96. The Kier molecular flexibility index (Phi) is 2.85. The highest BCUT2D eigenvalue weighted by Crippen LogP contribution is 2.28. The first kappa shape index (κ1) is 10.1. The summed E-state index contributed by atoms with van der Waals surface area (Å²) >= 11 is 1.69. The average molecular weight is 212 g/mol. The lowest BCUT2D eigenvalue weighted by atomic mass is 10.1. The molecule has 3 nitrogen and oxygen atoms in total. The van der Waals surface area contributed by atoms with E-state index in [0.29, 0.717) is 0 Å². The first-order chi connectivity index (χ1) is 6.68. The normalized spacial score (nSPS) is 24.1. The van der Waals surface area contributed by atoms with Gasteiger partial charge in [0.25, 0.3) is 0 Å². The monoisotopic (exact) mass is 212 g/mol. The molecule has 2 unspecified atom stereocenters. The largest absolute Gasteiger partial charge is 0.376 e. The molecule has 0 spiro atoms. The van der Waals surface area contributed by atoms with Crippen LogP contribution in [0.1, 0.15) is 34.5 Å². The Morgan fingerprint density at radius 2 is 2.36 bits per heavy atom. The number of thiazole rings is 1. The van der Waals surface area contributed by atoms with Gasteiger partial charge in [-0.25, -0.2) is 4.98 Å². The number of nitrogens with zero attached hydrogens (tertiary/aromatic N) is 1. The lowest BCUT2D eigenvalue weighted by Crippen LogP contribution is -2.25. The number of aryl methyl sites for hydroxylation is 2. The Hall–Kier alpha value is -0.450. The second-order valence-electron chi connectivity index (χ2n) is 3.77. The molecule has 1 aliphatic rings. The van der Waals surface area contributed by atoms with Crippen molar-refractivity contribution in [2.24, 2.45) is 5.73 Å². The zero-order valence-corrected chi connectivity index (χ0v) is 9.43. The highest BCUT2D eigenvalue weighted by molar-refractivity contribution is 7.11. The molecule has 4 heteroatoms. The summed E-state index contributed by atoms with van der Waals surface area (Å²) in [7, 11) is 0. The third-order valence-corrected chi connectivity index (χ3v) is 3.87. The molecule has 1 aliphatic heterocycles. The zero-order chi connectivity index (χ0) is 10.1. The van der Waals surface area contributed by atoms with Gasteiger partial charge in [0.1, 0.15) is 5.01 Å². The minimum Gasteiger partial charge on any atom is -0.376 e. The SMILES string of the molecule is Cc1nc(C(N)C2CCCO2)sc1C. The molecule has 0 aromatic carbocycles. The van der Waals surface area contributed by atoms with Crippen molar-refractivity contribution in [1.29, 1.82) is 0 Å². The molecule has 0 amide bonds. The summed E-state index contributed by atoms with van der Waals surface area (Å²) in [4.78, 5) is 5.73. The molecule has 78 valence electrons. The quantitative estimate of drug-likeness (QED) is 0.815. The van der Waals surface area contributed by atoms with Crippen LogP contribution in [0.25, 0.3) is 0 Å². The van der Waals surface area contributed by atoms with E-state index in [4.69, 9.17) is 10.5 Å². The van der Waals surface area contributed by atoms with Gasteiger partial charge in [-0.3, -0.25) is 0 Å². The van der Waals surface area contributed by atoms with E-state index in [1.54, 1.807) is 11.3 Å². The molecule has 1 saturated heterocycles. The van der Waals surface area contributed by atoms with Crippen LogP contribution in [0, 0.1) is 13.8 Å². The van der Waals surface area contributed by atoms with E-state index < -0.39 is 0 Å². The van der Waals surface area contributed by atoms with Crippen molar-refractivity contribution in [3.63, 3.8) is 0 Å². The number of aromatic nitrogens is 1. The molecule has 0 saturated carbocycles. The summed E-state index contributed by atoms with van der Waals surface area (Å²) in [6.45, 7) is 4.96. The summed E-state index contributed by atoms with van der Waals surface area (Å²) in [5.74, 6) is 0. The molecule has 0 aliphatic carbocycles. The van der Waals surface area contributed by atoms with Gasteiger partial charge >= 0.3 is 0 Å². The summed E-state index contributed by atoms with van der Waals surface area (Å²) < 4.78 is 5.56. The number of hydrogen-bond donors (Lipinski definition) is 1. The van der Waals surface area contributed by atoms with Crippen molar-refractivity contribution in [3.8, 4) is 0 Å². The van der Waals surface area contributed by atoms with Crippen LogP contribution in [0.3, 0.4) is 0 Å². The lowest BCUT2D eigenvalue weighted by Gasteiger charge is -2.15.